The van der Waals surface area contributed by atoms with Crippen LogP contribution in [-0.2, 0) is 0 Å². The average Bonchev–Trinajstić information content (AvgIpc) is 3.38. The number of aromatic amines is 1. The summed E-state index contributed by atoms with van der Waals surface area (Å²) >= 11 is 0. The minimum atomic E-state index is -4.51. The van der Waals surface area contributed by atoms with E-state index in [4.69, 9.17) is 0 Å². The predicted octanol–water partition coefficient (Wildman–Crippen LogP) is 6.36. The lowest BCUT2D eigenvalue weighted by atomic mass is 10.0. The summed E-state index contributed by atoms with van der Waals surface area (Å²) in [6.45, 7) is 0. The van der Waals surface area contributed by atoms with Crippen LogP contribution in [0.2, 0.25) is 0 Å². The van der Waals surface area contributed by atoms with Crippen LogP contribution in [0.25, 0.3) is 27.5 Å². The summed E-state index contributed by atoms with van der Waals surface area (Å²) in [7, 11) is 0. The fourth-order valence-electron chi connectivity index (χ4n) is 3.68. The van der Waals surface area contributed by atoms with Crippen molar-refractivity contribution in [3.63, 3.8) is 0 Å². The van der Waals surface area contributed by atoms with Crippen molar-refractivity contribution < 1.29 is 17.6 Å². The van der Waals surface area contributed by atoms with Gasteiger partial charge in [0.05, 0.1) is 17.4 Å². The number of fused-ring (bicyclic) bond motifs is 2. The zero-order valence-electron chi connectivity index (χ0n) is 16.0. The lowest BCUT2D eigenvalue weighted by Crippen LogP contribution is -2.27. The van der Waals surface area contributed by atoms with Gasteiger partial charge in [0.1, 0.15) is 11.9 Å². The van der Waals surface area contributed by atoms with Gasteiger partial charge in [-0.1, -0.05) is 12.1 Å². The van der Waals surface area contributed by atoms with Gasteiger partial charge in [0.15, 0.2) is 0 Å². The van der Waals surface area contributed by atoms with E-state index < -0.39 is 12.2 Å². The predicted molar refractivity (Wildman–Crippen MR) is 112 cm³/mol. The fourth-order valence-corrected chi connectivity index (χ4v) is 3.68. The van der Waals surface area contributed by atoms with E-state index in [-0.39, 0.29) is 11.4 Å². The Labute approximate surface area is 174 Å². The van der Waals surface area contributed by atoms with Crippen molar-refractivity contribution >= 4 is 27.5 Å². The molecule has 0 saturated carbocycles. The average molecular weight is 424 g/mol. The number of benzene rings is 3. The van der Waals surface area contributed by atoms with Gasteiger partial charge in [0, 0.05) is 22.8 Å². The number of anilines is 1. The molecule has 0 saturated heterocycles. The van der Waals surface area contributed by atoms with E-state index in [0.717, 1.165) is 10.9 Å². The van der Waals surface area contributed by atoms with Crippen molar-refractivity contribution in [3.05, 3.63) is 90.5 Å². The molecule has 3 aromatic carbocycles. The van der Waals surface area contributed by atoms with Crippen molar-refractivity contribution in [2.75, 3.05) is 5.32 Å². The Kier molecular flexibility index (Phi) is 4.43. The van der Waals surface area contributed by atoms with E-state index in [1.165, 1.54) is 30.5 Å². The molecule has 1 unspecified atom stereocenters. The zero-order chi connectivity index (χ0) is 21.6. The number of halogens is 4. The number of nitrogens with zero attached hydrogens (tertiary/aromatic N) is 2. The van der Waals surface area contributed by atoms with Gasteiger partial charge in [-0.05, 0) is 65.5 Å². The van der Waals surface area contributed by atoms with Crippen LogP contribution in [0.3, 0.4) is 0 Å². The van der Waals surface area contributed by atoms with Gasteiger partial charge >= 0.3 is 6.18 Å². The summed E-state index contributed by atoms with van der Waals surface area (Å²) in [6.07, 6.45) is -1.27. The molecule has 0 radical (unpaired) electrons. The van der Waals surface area contributed by atoms with Crippen molar-refractivity contribution in [1.29, 1.82) is 0 Å². The highest BCUT2D eigenvalue weighted by Gasteiger charge is 2.41. The van der Waals surface area contributed by atoms with Crippen LogP contribution in [0.5, 0.6) is 0 Å². The monoisotopic (exact) mass is 424 g/mol. The molecule has 4 nitrogen and oxygen atoms in total. The molecule has 1 atom stereocenters. The van der Waals surface area contributed by atoms with Crippen molar-refractivity contribution in [2.24, 2.45) is 0 Å². The van der Waals surface area contributed by atoms with E-state index in [2.05, 4.69) is 15.4 Å². The summed E-state index contributed by atoms with van der Waals surface area (Å²) in [5, 5.41) is 8.34. The third-order valence-corrected chi connectivity index (χ3v) is 5.19. The lowest BCUT2D eigenvalue weighted by Gasteiger charge is -2.23. The molecule has 31 heavy (non-hydrogen) atoms. The highest BCUT2D eigenvalue weighted by Crippen LogP contribution is 2.37. The van der Waals surface area contributed by atoms with E-state index in [0.29, 0.717) is 22.3 Å². The highest BCUT2D eigenvalue weighted by atomic mass is 19.4. The fraction of sp³-hybridized carbons (Fsp3) is 0.0870. The third kappa shape index (κ3) is 3.61. The maximum absolute atomic E-state index is 13.9. The molecule has 8 heteroatoms. The second kappa shape index (κ2) is 7.16. The van der Waals surface area contributed by atoms with Crippen LogP contribution in [0, 0.1) is 5.82 Å². The van der Waals surface area contributed by atoms with Gasteiger partial charge < -0.3 is 10.3 Å². The molecule has 156 valence electrons. The Morgan fingerprint density at radius 3 is 2.48 bits per heavy atom. The third-order valence-electron chi connectivity index (χ3n) is 5.19. The molecule has 0 bridgehead atoms. The molecule has 2 heterocycles. The Morgan fingerprint density at radius 1 is 0.903 bits per heavy atom. The number of H-pyrrole nitrogens is 1. The summed E-state index contributed by atoms with van der Waals surface area (Å²) < 4.78 is 56.5. The maximum atomic E-state index is 13.9. The second-order valence-electron chi connectivity index (χ2n) is 7.25. The Hall–Kier alpha value is -3.81. The molecule has 0 amide bonds. The Morgan fingerprint density at radius 2 is 1.71 bits per heavy atom. The molecule has 5 aromatic rings. The van der Waals surface area contributed by atoms with Gasteiger partial charge in [-0.25, -0.2) is 9.07 Å². The van der Waals surface area contributed by atoms with E-state index >= 15 is 0 Å². The van der Waals surface area contributed by atoms with Gasteiger partial charge in [-0.15, -0.1) is 0 Å². The first-order chi connectivity index (χ1) is 14.9. The standard InChI is InChI=1S/C23H16F4N4/c24-17-3-6-19(7-4-17)31-21-8-2-15(11-16(21)13-29-31)22(23(25,26)27)30-18-5-1-14-9-10-28-20(14)12-18/h1-13,22,28,30H. The van der Waals surface area contributed by atoms with E-state index in [1.54, 1.807) is 47.3 Å². The normalized spacial score (nSPS) is 13.0. The largest absolute Gasteiger partial charge is 0.412 e. The number of aromatic nitrogens is 3. The van der Waals surface area contributed by atoms with Crippen LogP contribution in [0.1, 0.15) is 11.6 Å². The number of nitrogens with one attached hydrogen (secondary N) is 2. The van der Waals surface area contributed by atoms with Gasteiger partial charge in [-0.3, -0.25) is 0 Å². The molecule has 0 spiro atoms. The SMILES string of the molecule is Fc1ccc(-n2ncc3cc(C(Nc4ccc5cc[nH]c5c4)C(F)(F)F)ccc32)cc1. The number of rotatable bonds is 4. The van der Waals surface area contributed by atoms with Crippen LogP contribution in [0.15, 0.2) is 79.1 Å². The first-order valence-corrected chi connectivity index (χ1v) is 9.52. The molecule has 2 N–H and O–H groups in total. The van der Waals surface area contributed by atoms with Crippen LogP contribution in [-0.4, -0.2) is 20.9 Å². The topological polar surface area (TPSA) is 45.6 Å². The minimum Gasteiger partial charge on any atom is -0.370 e. The summed E-state index contributed by atoms with van der Waals surface area (Å²) in [5.74, 6) is -0.376. The smallest absolute Gasteiger partial charge is 0.370 e. The molecule has 0 aliphatic carbocycles. The van der Waals surface area contributed by atoms with Crippen LogP contribution in [0.4, 0.5) is 23.2 Å². The Balaban J connectivity index is 1.52. The van der Waals surface area contributed by atoms with Crippen LogP contribution >= 0.6 is 0 Å². The molecular weight excluding hydrogens is 408 g/mol. The quantitative estimate of drug-likeness (QED) is 0.330. The van der Waals surface area contributed by atoms with E-state index in [1.807, 2.05) is 6.07 Å². The number of hydrogen-bond donors (Lipinski definition) is 2. The molecule has 2 aromatic heterocycles. The maximum Gasteiger partial charge on any atom is 0.412 e. The van der Waals surface area contributed by atoms with Crippen LogP contribution < -0.4 is 5.32 Å². The first-order valence-electron chi connectivity index (χ1n) is 9.52. The Bertz CT molecular complexity index is 1370. The first kappa shape index (κ1) is 19.2. The zero-order valence-corrected chi connectivity index (χ0v) is 16.0. The van der Waals surface area contributed by atoms with Gasteiger partial charge in [-0.2, -0.15) is 18.3 Å². The molecular formula is C23H16F4N4. The lowest BCUT2D eigenvalue weighted by molar-refractivity contribution is -0.143. The number of alkyl halides is 3. The minimum absolute atomic E-state index is 0.0743. The molecule has 5 rings (SSSR count). The van der Waals surface area contributed by atoms with Crippen molar-refractivity contribution in [2.45, 2.75) is 12.2 Å². The summed E-state index contributed by atoms with van der Waals surface area (Å²) in [4.78, 5) is 3.00. The highest BCUT2D eigenvalue weighted by molar-refractivity contribution is 5.83. The van der Waals surface area contributed by atoms with Crippen molar-refractivity contribution in [3.8, 4) is 5.69 Å². The molecule has 0 aliphatic rings. The van der Waals surface area contributed by atoms with Gasteiger partial charge in [0.25, 0.3) is 0 Å². The van der Waals surface area contributed by atoms with Gasteiger partial charge in [0.2, 0.25) is 0 Å². The van der Waals surface area contributed by atoms with E-state index in [9.17, 15) is 17.6 Å². The summed E-state index contributed by atoms with van der Waals surface area (Å²) in [6, 6.07) is 15.2. The number of hydrogen-bond acceptors (Lipinski definition) is 2. The molecule has 0 aliphatic heterocycles. The van der Waals surface area contributed by atoms with Crippen molar-refractivity contribution in [1.82, 2.24) is 14.8 Å². The second-order valence-corrected chi connectivity index (χ2v) is 7.25. The molecule has 0 fully saturated rings. The summed E-state index contributed by atoms with van der Waals surface area (Å²) in [5.41, 5.74) is 2.43.